The molecule has 3 aliphatic rings. The summed E-state index contributed by atoms with van der Waals surface area (Å²) in [7, 11) is 0. The van der Waals surface area contributed by atoms with Crippen LogP contribution in [0.15, 0.2) is 71.9 Å². The van der Waals surface area contributed by atoms with E-state index in [9.17, 15) is 14.3 Å². The second kappa shape index (κ2) is 11.2. The SMILES string of the molecule is O=C(N[C@H](CN1CCCC1)[C@H](O)c1ccc(OC2CC2)cc1)C1=NOCc2cc(-c3ccc(F)cc3)ccc21. The van der Waals surface area contributed by atoms with Gasteiger partial charge in [0.25, 0.3) is 5.91 Å². The largest absolute Gasteiger partial charge is 0.490 e. The lowest BCUT2D eigenvalue weighted by atomic mass is 9.95. The molecule has 202 valence electrons. The highest BCUT2D eigenvalue weighted by atomic mass is 19.1. The van der Waals surface area contributed by atoms with Crippen LogP contribution < -0.4 is 10.1 Å². The van der Waals surface area contributed by atoms with Gasteiger partial charge < -0.3 is 24.9 Å². The average molecular weight is 530 g/mol. The quantitative estimate of drug-likeness (QED) is 0.424. The number of amides is 1. The number of halogens is 1. The van der Waals surface area contributed by atoms with E-state index in [1.807, 2.05) is 42.5 Å². The minimum atomic E-state index is -0.907. The fourth-order valence-electron chi connectivity index (χ4n) is 5.20. The monoisotopic (exact) mass is 529 g/mol. The van der Waals surface area contributed by atoms with Crippen LogP contribution in [0.2, 0.25) is 0 Å². The topological polar surface area (TPSA) is 83.4 Å². The molecule has 1 amide bonds. The molecule has 1 saturated heterocycles. The zero-order valence-electron chi connectivity index (χ0n) is 21.7. The Balaban J connectivity index is 1.20. The third-order valence-electron chi connectivity index (χ3n) is 7.53. The number of likely N-dealkylation sites (tertiary alicyclic amines) is 1. The van der Waals surface area contributed by atoms with Crippen LogP contribution >= 0.6 is 0 Å². The number of hydrogen-bond acceptors (Lipinski definition) is 6. The predicted molar refractivity (Wildman–Crippen MR) is 146 cm³/mol. The number of carbonyl (C=O) groups excluding carboxylic acids is 1. The van der Waals surface area contributed by atoms with Crippen LogP contribution in [0.4, 0.5) is 4.39 Å². The van der Waals surface area contributed by atoms with Gasteiger partial charge >= 0.3 is 0 Å². The van der Waals surface area contributed by atoms with Gasteiger partial charge in [0.1, 0.15) is 24.3 Å². The van der Waals surface area contributed by atoms with Gasteiger partial charge in [-0.25, -0.2) is 4.39 Å². The molecular formula is C31H32FN3O4. The third kappa shape index (κ3) is 5.97. The van der Waals surface area contributed by atoms with E-state index < -0.39 is 18.1 Å². The minimum Gasteiger partial charge on any atom is -0.490 e. The van der Waals surface area contributed by atoms with Crippen LogP contribution in [-0.2, 0) is 16.2 Å². The summed E-state index contributed by atoms with van der Waals surface area (Å²) >= 11 is 0. The van der Waals surface area contributed by atoms with Crippen LogP contribution in [-0.4, -0.2) is 53.4 Å². The van der Waals surface area contributed by atoms with E-state index in [2.05, 4.69) is 15.4 Å². The van der Waals surface area contributed by atoms with Crippen LogP contribution in [0, 0.1) is 5.82 Å². The van der Waals surface area contributed by atoms with Crippen molar-refractivity contribution in [1.82, 2.24) is 10.2 Å². The fourth-order valence-corrected chi connectivity index (χ4v) is 5.20. The minimum absolute atomic E-state index is 0.175. The first-order chi connectivity index (χ1) is 19.0. The van der Waals surface area contributed by atoms with Gasteiger partial charge in [0.15, 0.2) is 5.71 Å². The molecule has 2 N–H and O–H groups in total. The molecule has 0 aromatic heterocycles. The summed E-state index contributed by atoms with van der Waals surface area (Å²) in [6.45, 7) is 2.63. The number of aliphatic hydroxyl groups excluding tert-OH is 1. The lowest BCUT2D eigenvalue weighted by Gasteiger charge is -2.29. The van der Waals surface area contributed by atoms with Crippen molar-refractivity contribution >= 4 is 11.6 Å². The average Bonchev–Trinajstić information content (AvgIpc) is 3.63. The number of nitrogens with zero attached hydrogens (tertiary/aromatic N) is 2. The van der Waals surface area contributed by atoms with Crippen molar-refractivity contribution < 1.29 is 23.9 Å². The molecule has 3 aromatic carbocycles. The summed E-state index contributed by atoms with van der Waals surface area (Å²) in [5.41, 5.74) is 4.16. The van der Waals surface area contributed by atoms with Crippen LogP contribution in [0.25, 0.3) is 11.1 Å². The number of carbonyl (C=O) groups is 1. The first-order valence-electron chi connectivity index (χ1n) is 13.6. The lowest BCUT2D eigenvalue weighted by Crippen LogP contribution is -2.49. The molecule has 39 heavy (non-hydrogen) atoms. The maximum Gasteiger partial charge on any atom is 0.274 e. The van der Waals surface area contributed by atoms with Gasteiger partial charge in [-0.3, -0.25) is 4.79 Å². The molecule has 1 saturated carbocycles. The smallest absolute Gasteiger partial charge is 0.274 e. The highest BCUT2D eigenvalue weighted by Crippen LogP contribution is 2.29. The maximum atomic E-state index is 13.5. The molecule has 2 atom stereocenters. The first-order valence-corrected chi connectivity index (χ1v) is 13.6. The second-order valence-electron chi connectivity index (χ2n) is 10.5. The standard InChI is InChI=1S/C31H32FN3O4/c32-24-8-3-20(4-9-24)22-7-14-27-23(17-22)19-38-34-29(27)31(37)33-28(18-35-15-1-2-16-35)30(36)21-5-10-25(11-6-21)39-26-12-13-26/h3-11,14,17,26,28,30,36H,1-2,12-13,15-16,18-19H2,(H,33,37)/t28-,30-/m1/s1. The predicted octanol–water partition coefficient (Wildman–Crippen LogP) is 4.58. The number of fused-ring (bicyclic) bond motifs is 1. The number of aliphatic hydroxyl groups is 1. The van der Waals surface area contributed by atoms with Gasteiger partial charge in [0, 0.05) is 17.7 Å². The Morgan fingerprint density at radius 2 is 1.77 bits per heavy atom. The fraction of sp³-hybridized carbons (Fsp3) is 0.355. The number of oxime groups is 1. The Bertz CT molecular complexity index is 1350. The zero-order valence-corrected chi connectivity index (χ0v) is 21.7. The number of nitrogens with one attached hydrogen (secondary N) is 1. The van der Waals surface area contributed by atoms with Crippen LogP contribution in [0.3, 0.4) is 0 Å². The molecule has 8 heteroatoms. The highest BCUT2D eigenvalue weighted by Gasteiger charge is 2.31. The Kier molecular flexibility index (Phi) is 7.30. The molecule has 3 aromatic rings. The Morgan fingerprint density at radius 1 is 1.05 bits per heavy atom. The van der Waals surface area contributed by atoms with Crippen molar-refractivity contribution in [2.45, 2.75) is 50.5 Å². The van der Waals surface area contributed by atoms with E-state index in [1.165, 1.54) is 12.1 Å². The Labute approximate surface area is 227 Å². The lowest BCUT2D eigenvalue weighted by molar-refractivity contribution is -0.116. The number of ether oxygens (including phenoxy) is 1. The summed E-state index contributed by atoms with van der Waals surface area (Å²) in [6.07, 6.45) is 3.77. The van der Waals surface area contributed by atoms with Crippen LogP contribution in [0.1, 0.15) is 48.5 Å². The second-order valence-corrected chi connectivity index (χ2v) is 10.5. The van der Waals surface area contributed by atoms with Crippen molar-refractivity contribution in [3.63, 3.8) is 0 Å². The van der Waals surface area contributed by atoms with Crippen molar-refractivity contribution in [2.75, 3.05) is 19.6 Å². The molecule has 2 aliphatic heterocycles. The van der Waals surface area contributed by atoms with E-state index in [1.54, 1.807) is 12.1 Å². The molecule has 0 spiro atoms. The Hall–Kier alpha value is -3.75. The van der Waals surface area contributed by atoms with Gasteiger partial charge in [-0.1, -0.05) is 41.6 Å². The van der Waals surface area contributed by atoms with Gasteiger partial charge in [0.05, 0.1) is 12.1 Å². The summed E-state index contributed by atoms with van der Waals surface area (Å²) in [4.78, 5) is 21.2. The summed E-state index contributed by atoms with van der Waals surface area (Å²) in [5, 5.41) is 18.5. The zero-order chi connectivity index (χ0) is 26.8. The van der Waals surface area contributed by atoms with Crippen molar-refractivity contribution in [1.29, 1.82) is 0 Å². The molecule has 2 fully saturated rings. The first kappa shape index (κ1) is 25.5. The van der Waals surface area contributed by atoms with Gasteiger partial charge in [-0.05, 0) is 85.8 Å². The van der Waals surface area contributed by atoms with Crippen molar-refractivity contribution in [3.8, 4) is 16.9 Å². The highest BCUT2D eigenvalue weighted by molar-refractivity contribution is 6.45. The number of hydrogen-bond donors (Lipinski definition) is 2. The van der Waals surface area contributed by atoms with E-state index in [0.29, 0.717) is 23.8 Å². The van der Waals surface area contributed by atoms with Gasteiger partial charge in [-0.2, -0.15) is 0 Å². The number of benzene rings is 3. The normalized spacial score (nSPS) is 18.5. The number of rotatable bonds is 9. The van der Waals surface area contributed by atoms with Crippen molar-refractivity contribution in [2.24, 2.45) is 5.16 Å². The van der Waals surface area contributed by atoms with E-state index in [4.69, 9.17) is 9.57 Å². The van der Waals surface area contributed by atoms with E-state index in [0.717, 1.165) is 61.2 Å². The van der Waals surface area contributed by atoms with Gasteiger partial charge in [0.2, 0.25) is 0 Å². The molecule has 1 aliphatic carbocycles. The summed E-state index contributed by atoms with van der Waals surface area (Å²) in [6, 6.07) is 18.9. The Morgan fingerprint density at radius 3 is 2.49 bits per heavy atom. The molecule has 6 rings (SSSR count). The molecule has 0 unspecified atom stereocenters. The summed E-state index contributed by atoms with van der Waals surface area (Å²) in [5.74, 6) is 0.0978. The van der Waals surface area contributed by atoms with E-state index in [-0.39, 0.29) is 18.1 Å². The third-order valence-corrected chi connectivity index (χ3v) is 7.53. The molecule has 0 bridgehead atoms. The molecular weight excluding hydrogens is 497 g/mol. The molecule has 7 nitrogen and oxygen atoms in total. The van der Waals surface area contributed by atoms with E-state index >= 15 is 0 Å². The molecule has 0 radical (unpaired) electrons. The van der Waals surface area contributed by atoms with Gasteiger partial charge in [-0.15, -0.1) is 0 Å². The van der Waals surface area contributed by atoms with Crippen molar-refractivity contribution in [3.05, 3.63) is 89.2 Å². The molecule has 2 heterocycles. The van der Waals surface area contributed by atoms with Crippen LogP contribution in [0.5, 0.6) is 5.75 Å². The summed E-state index contributed by atoms with van der Waals surface area (Å²) < 4.78 is 19.2. The maximum absolute atomic E-state index is 13.5.